The van der Waals surface area contributed by atoms with Crippen molar-refractivity contribution < 1.29 is 21.6 Å². The number of alkyl halides is 3. The van der Waals surface area contributed by atoms with Crippen molar-refractivity contribution in [2.24, 2.45) is 0 Å². The summed E-state index contributed by atoms with van der Waals surface area (Å²) in [6, 6.07) is 1.51. The number of pyridine rings is 1. The molecule has 158 valence electrons. The Morgan fingerprint density at radius 1 is 1.34 bits per heavy atom. The molecule has 1 aliphatic rings. The van der Waals surface area contributed by atoms with E-state index in [1.165, 1.54) is 0 Å². The Morgan fingerprint density at radius 3 is 2.86 bits per heavy atom. The molecule has 0 saturated heterocycles. The number of nitrogens with one attached hydrogen (secondary N) is 3. The lowest BCUT2D eigenvalue weighted by Crippen LogP contribution is -2.35. The molecule has 0 amide bonds. The quantitative estimate of drug-likeness (QED) is 0.556. The molecule has 0 aliphatic heterocycles. The number of aromatic nitrogens is 4. The van der Waals surface area contributed by atoms with Crippen LogP contribution in [-0.4, -0.2) is 53.0 Å². The Kier molecular flexibility index (Phi) is 5.03. The number of rotatable bonds is 6. The number of nitrogens with zero attached hydrogens (tertiary/aromatic N) is 3. The van der Waals surface area contributed by atoms with Crippen LogP contribution >= 0.6 is 0 Å². The minimum absolute atomic E-state index is 0.00340. The van der Waals surface area contributed by atoms with Crippen LogP contribution in [0.5, 0.6) is 0 Å². The lowest BCUT2D eigenvalue weighted by Gasteiger charge is -2.19. The van der Waals surface area contributed by atoms with Gasteiger partial charge in [-0.2, -0.15) is 13.2 Å². The average molecular weight is 430 g/mol. The van der Waals surface area contributed by atoms with Gasteiger partial charge in [-0.3, -0.25) is 0 Å². The molecule has 4 rings (SSSR count). The van der Waals surface area contributed by atoms with Crippen LogP contribution in [0.25, 0.3) is 22.1 Å². The number of H-pyrrole nitrogens is 1. The Labute approximate surface area is 164 Å². The van der Waals surface area contributed by atoms with Crippen LogP contribution in [0.4, 0.5) is 13.2 Å². The van der Waals surface area contributed by atoms with E-state index in [2.05, 4.69) is 25.0 Å². The van der Waals surface area contributed by atoms with Gasteiger partial charge >= 0.3 is 6.18 Å². The van der Waals surface area contributed by atoms with Crippen molar-refractivity contribution in [1.82, 2.24) is 29.6 Å². The van der Waals surface area contributed by atoms with Gasteiger partial charge < -0.3 is 14.9 Å². The van der Waals surface area contributed by atoms with Crippen molar-refractivity contribution in [3.8, 4) is 0 Å². The normalized spacial score (nSPS) is 20.8. The second-order valence-electron chi connectivity index (χ2n) is 7.38. The predicted molar refractivity (Wildman–Crippen MR) is 102 cm³/mol. The van der Waals surface area contributed by atoms with Crippen molar-refractivity contribution >= 4 is 32.1 Å². The van der Waals surface area contributed by atoms with E-state index in [1.54, 1.807) is 12.4 Å². The van der Waals surface area contributed by atoms with Crippen LogP contribution < -0.4 is 10.0 Å². The zero-order valence-corrected chi connectivity index (χ0v) is 16.4. The van der Waals surface area contributed by atoms with Gasteiger partial charge in [0.2, 0.25) is 10.0 Å². The summed E-state index contributed by atoms with van der Waals surface area (Å²) in [6.45, 7) is -1.03. The lowest BCUT2D eigenvalue weighted by atomic mass is 10.2. The summed E-state index contributed by atoms with van der Waals surface area (Å²) in [5.74, 6) is 0.516. The Bertz CT molecular complexity index is 1140. The van der Waals surface area contributed by atoms with Gasteiger partial charge in [0, 0.05) is 23.7 Å². The average Bonchev–Trinajstić information content (AvgIpc) is 3.33. The van der Waals surface area contributed by atoms with Gasteiger partial charge in [-0.25, -0.2) is 23.1 Å². The highest BCUT2D eigenvalue weighted by Gasteiger charge is 2.33. The summed E-state index contributed by atoms with van der Waals surface area (Å²) >= 11 is 0. The SMILES string of the molecule is CS(=O)(=O)NCc1nc2cnc3[nH]ccc3c2n1[C@H]1CC[C@@H](NCC(F)(F)F)C1. The molecule has 29 heavy (non-hydrogen) atoms. The fourth-order valence-corrected chi connectivity index (χ4v) is 4.38. The van der Waals surface area contributed by atoms with Crippen LogP contribution in [0.15, 0.2) is 18.5 Å². The van der Waals surface area contributed by atoms with E-state index in [4.69, 9.17) is 0 Å². The molecule has 1 saturated carbocycles. The molecule has 0 unspecified atom stereocenters. The fraction of sp³-hybridized carbons (Fsp3) is 0.529. The molecule has 3 N–H and O–H groups in total. The maximum absolute atomic E-state index is 12.5. The third-order valence-corrected chi connectivity index (χ3v) is 5.83. The highest BCUT2D eigenvalue weighted by Crippen LogP contribution is 2.36. The number of halogens is 3. The molecule has 1 aliphatic carbocycles. The van der Waals surface area contributed by atoms with Crippen LogP contribution in [0.1, 0.15) is 31.1 Å². The topological polar surface area (TPSA) is 105 Å². The third kappa shape index (κ3) is 4.38. The van der Waals surface area contributed by atoms with Gasteiger partial charge in [-0.05, 0) is 25.3 Å². The van der Waals surface area contributed by atoms with E-state index in [0.29, 0.717) is 36.3 Å². The summed E-state index contributed by atoms with van der Waals surface area (Å²) < 4.78 is 65.2. The first-order valence-corrected chi connectivity index (χ1v) is 11.1. The predicted octanol–water partition coefficient (Wildman–Crippen LogP) is 2.21. The minimum atomic E-state index is -4.26. The van der Waals surface area contributed by atoms with E-state index in [0.717, 1.165) is 17.2 Å². The lowest BCUT2D eigenvalue weighted by molar-refractivity contribution is -0.126. The van der Waals surface area contributed by atoms with Gasteiger partial charge in [0.15, 0.2) is 0 Å². The molecule has 0 radical (unpaired) electrons. The van der Waals surface area contributed by atoms with Gasteiger partial charge in [0.1, 0.15) is 17.0 Å². The molecule has 3 aromatic rings. The summed E-state index contributed by atoms with van der Waals surface area (Å²) in [5, 5.41) is 3.42. The molecule has 1 fully saturated rings. The van der Waals surface area contributed by atoms with Gasteiger partial charge in [-0.15, -0.1) is 0 Å². The van der Waals surface area contributed by atoms with Crippen molar-refractivity contribution in [2.75, 3.05) is 12.8 Å². The second kappa shape index (κ2) is 7.26. The largest absolute Gasteiger partial charge is 0.401 e. The van der Waals surface area contributed by atoms with Crippen LogP contribution in [-0.2, 0) is 16.6 Å². The monoisotopic (exact) mass is 430 g/mol. The molecule has 0 bridgehead atoms. The molecule has 0 aromatic carbocycles. The summed E-state index contributed by atoms with van der Waals surface area (Å²) in [4.78, 5) is 11.9. The van der Waals surface area contributed by atoms with Crippen LogP contribution in [0, 0.1) is 0 Å². The van der Waals surface area contributed by atoms with Crippen LogP contribution in [0.3, 0.4) is 0 Å². The van der Waals surface area contributed by atoms with E-state index >= 15 is 0 Å². The first kappa shape index (κ1) is 20.1. The van der Waals surface area contributed by atoms with E-state index < -0.39 is 22.7 Å². The molecule has 3 aromatic heterocycles. The third-order valence-electron chi connectivity index (χ3n) is 5.16. The van der Waals surface area contributed by atoms with Crippen molar-refractivity contribution in [3.05, 3.63) is 24.3 Å². The first-order valence-electron chi connectivity index (χ1n) is 9.18. The zero-order valence-electron chi connectivity index (χ0n) is 15.6. The summed E-state index contributed by atoms with van der Waals surface area (Å²) in [6.07, 6.45) is 1.95. The number of hydrogen-bond acceptors (Lipinski definition) is 5. The Hall–Kier alpha value is -2.18. The number of imidazole rings is 1. The number of fused-ring (bicyclic) bond motifs is 3. The van der Waals surface area contributed by atoms with E-state index in [-0.39, 0.29) is 18.6 Å². The first-order chi connectivity index (χ1) is 13.6. The fourth-order valence-electron chi connectivity index (χ4n) is 3.99. The standard InChI is InChI=1S/C17H21F3N6O2S/c1-29(27,28)24-8-14-25-13-7-22-16-12(4-5-21-16)15(13)26(14)11-3-2-10(6-11)23-9-17(18,19)20/h4-5,7,10-11,23-24H,2-3,6,8-9H2,1H3,(H,21,22)/t10-,11+/m1/s1. The van der Waals surface area contributed by atoms with Crippen LogP contribution in [0.2, 0.25) is 0 Å². The number of sulfonamides is 1. The van der Waals surface area contributed by atoms with E-state index in [9.17, 15) is 21.6 Å². The second-order valence-corrected chi connectivity index (χ2v) is 9.22. The molecule has 8 nitrogen and oxygen atoms in total. The molecule has 3 heterocycles. The molecule has 2 atom stereocenters. The zero-order chi connectivity index (χ0) is 20.8. The van der Waals surface area contributed by atoms with Crippen molar-refractivity contribution in [1.29, 1.82) is 0 Å². The maximum Gasteiger partial charge on any atom is 0.401 e. The summed E-state index contributed by atoms with van der Waals surface area (Å²) in [5.41, 5.74) is 2.10. The highest BCUT2D eigenvalue weighted by molar-refractivity contribution is 7.88. The summed E-state index contributed by atoms with van der Waals surface area (Å²) in [7, 11) is -3.43. The van der Waals surface area contributed by atoms with Gasteiger partial charge in [-0.1, -0.05) is 0 Å². The maximum atomic E-state index is 12.5. The van der Waals surface area contributed by atoms with Gasteiger partial charge in [0.05, 0.1) is 31.1 Å². The Balaban J connectivity index is 1.70. The molecule has 0 spiro atoms. The van der Waals surface area contributed by atoms with Crippen molar-refractivity contribution in [2.45, 2.75) is 44.1 Å². The Morgan fingerprint density at radius 2 is 2.14 bits per heavy atom. The van der Waals surface area contributed by atoms with Gasteiger partial charge in [0.25, 0.3) is 0 Å². The number of aromatic amines is 1. The highest BCUT2D eigenvalue weighted by atomic mass is 32.2. The molecular formula is C17H21F3N6O2S. The van der Waals surface area contributed by atoms with E-state index in [1.807, 2.05) is 10.6 Å². The smallest absolute Gasteiger partial charge is 0.346 e. The molecular weight excluding hydrogens is 409 g/mol. The molecule has 12 heteroatoms. The number of hydrogen-bond donors (Lipinski definition) is 3. The van der Waals surface area contributed by atoms with Crippen molar-refractivity contribution in [3.63, 3.8) is 0 Å². The minimum Gasteiger partial charge on any atom is -0.346 e.